The SMILES string of the molecule is [3H]c1cccc(C=O)n1. The molecule has 0 spiro atoms. The van der Waals surface area contributed by atoms with E-state index in [4.69, 9.17) is 1.37 Å². The standard InChI is InChI=1S/C6H5NO/c8-5-6-3-1-2-4-7-6/h1-5H/i4T. The minimum Gasteiger partial charge on any atom is -0.296 e. The van der Waals surface area contributed by atoms with Gasteiger partial charge in [-0.25, -0.2) is 0 Å². The average molecular weight is 109 g/mol. The number of hydrogen-bond acceptors (Lipinski definition) is 2. The van der Waals surface area contributed by atoms with Crippen molar-refractivity contribution in [3.63, 3.8) is 0 Å². The van der Waals surface area contributed by atoms with E-state index in [1.807, 2.05) is 0 Å². The molecule has 2 heteroatoms. The first-order chi connectivity index (χ1) is 4.33. The minimum atomic E-state index is 0.125. The second-order valence-corrected chi connectivity index (χ2v) is 1.31. The van der Waals surface area contributed by atoms with E-state index in [0.29, 0.717) is 12.0 Å². The molecule has 0 aromatic carbocycles. The number of carbonyl (C=O) groups is 1. The molecule has 0 bridgehead atoms. The highest BCUT2D eigenvalue weighted by Gasteiger charge is 1.81. The van der Waals surface area contributed by atoms with Gasteiger partial charge < -0.3 is 0 Å². The zero-order chi connectivity index (χ0) is 6.69. The number of aromatic nitrogens is 1. The van der Waals surface area contributed by atoms with E-state index in [-0.39, 0.29) is 6.17 Å². The minimum absolute atomic E-state index is 0.125. The lowest BCUT2D eigenvalue weighted by molar-refractivity contribution is 0.111. The molecular formula is C6H5NO. The second kappa shape index (κ2) is 2.21. The molecular weight excluding hydrogens is 102 g/mol. The summed E-state index contributed by atoms with van der Waals surface area (Å²) in [4.78, 5) is 13.6. The molecule has 0 N–H and O–H groups in total. The predicted molar refractivity (Wildman–Crippen MR) is 29.6 cm³/mol. The van der Waals surface area contributed by atoms with Crippen LogP contribution in [0, 0.1) is 0 Å². The predicted octanol–water partition coefficient (Wildman–Crippen LogP) is 0.894. The average Bonchev–Trinajstić information content (AvgIpc) is 1.88. The first kappa shape index (κ1) is 3.78. The van der Waals surface area contributed by atoms with E-state index in [0.717, 1.165) is 0 Å². The fraction of sp³-hybridized carbons (Fsp3) is 0. The van der Waals surface area contributed by atoms with Crippen molar-refractivity contribution in [2.45, 2.75) is 0 Å². The molecule has 2 nitrogen and oxygen atoms in total. The van der Waals surface area contributed by atoms with Crippen molar-refractivity contribution < 1.29 is 6.17 Å². The lowest BCUT2D eigenvalue weighted by Gasteiger charge is -1.81. The highest BCUT2D eigenvalue weighted by molar-refractivity contribution is 5.71. The van der Waals surface area contributed by atoms with Crippen LogP contribution in [0.3, 0.4) is 0 Å². The lowest BCUT2D eigenvalue weighted by Crippen LogP contribution is -1.80. The summed E-state index contributed by atoms with van der Waals surface area (Å²) in [6.45, 7) is 0. The van der Waals surface area contributed by atoms with Crippen LogP contribution in [-0.4, -0.2) is 11.3 Å². The van der Waals surface area contributed by atoms with Gasteiger partial charge in [-0.3, -0.25) is 9.78 Å². The molecule has 1 aromatic rings. The van der Waals surface area contributed by atoms with Crippen molar-refractivity contribution in [1.82, 2.24) is 4.98 Å². The molecule has 0 fully saturated rings. The van der Waals surface area contributed by atoms with Crippen LogP contribution in [0.2, 0.25) is 0 Å². The lowest BCUT2D eigenvalue weighted by atomic mass is 10.4. The molecule has 0 saturated carbocycles. The Kier molecular flexibility index (Phi) is 1.04. The van der Waals surface area contributed by atoms with Crippen LogP contribution in [0.5, 0.6) is 0 Å². The zero-order valence-corrected chi connectivity index (χ0v) is 4.16. The van der Waals surface area contributed by atoms with Crippen molar-refractivity contribution >= 4 is 6.29 Å². The Morgan fingerprint density at radius 1 is 1.75 bits per heavy atom. The van der Waals surface area contributed by atoms with Crippen molar-refractivity contribution in [2.24, 2.45) is 0 Å². The fourth-order valence-corrected chi connectivity index (χ4v) is 0.404. The molecule has 0 aliphatic heterocycles. The third-order valence-corrected chi connectivity index (χ3v) is 0.752. The Morgan fingerprint density at radius 2 is 2.62 bits per heavy atom. The van der Waals surface area contributed by atoms with E-state index in [1.165, 1.54) is 6.07 Å². The molecule has 0 saturated heterocycles. The fourth-order valence-electron chi connectivity index (χ4n) is 0.404. The number of nitrogens with zero attached hydrogens (tertiary/aromatic N) is 1. The monoisotopic (exact) mass is 109 g/mol. The van der Waals surface area contributed by atoms with E-state index < -0.39 is 0 Å². The van der Waals surface area contributed by atoms with Gasteiger partial charge in [0.2, 0.25) is 0 Å². The van der Waals surface area contributed by atoms with Gasteiger partial charge in [0.25, 0.3) is 0 Å². The first-order valence-electron chi connectivity index (χ1n) is 2.72. The third-order valence-electron chi connectivity index (χ3n) is 0.752. The molecule has 0 aliphatic carbocycles. The van der Waals surface area contributed by atoms with Crippen LogP contribution in [-0.2, 0) is 0 Å². The highest BCUT2D eigenvalue weighted by Crippen LogP contribution is 1.85. The van der Waals surface area contributed by atoms with Crippen LogP contribution in [0.4, 0.5) is 0 Å². The largest absolute Gasteiger partial charge is 0.296 e. The van der Waals surface area contributed by atoms with E-state index >= 15 is 0 Å². The summed E-state index contributed by atoms with van der Waals surface area (Å²) >= 11 is 0. The maximum atomic E-state index is 10.0. The van der Waals surface area contributed by atoms with Gasteiger partial charge in [0.1, 0.15) is 5.69 Å². The molecule has 40 valence electrons. The number of aldehydes is 1. The third kappa shape index (κ3) is 0.904. The summed E-state index contributed by atoms with van der Waals surface area (Å²) in [5.41, 5.74) is 0.308. The Hall–Kier alpha value is -1.18. The number of carbonyl (C=O) groups excluding carboxylic acids is 1. The molecule has 0 amide bonds. The van der Waals surface area contributed by atoms with Gasteiger partial charge >= 0.3 is 0 Å². The molecule has 0 atom stereocenters. The molecule has 1 heterocycles. The summed E-state index contributed by atoms with van der Waals surface area (Å²) in [5.74, 6) is 0. The smallest absolute Gasteiger partial charge is 0.168 e. The summed E-state index contributed by atoms with van der Waals surface area (Å²) in [5, 5.41) is 0. The zero-order valence-electron chi connectivity index (χ0n) is 5.16. The normalized spacial score (nSPS) is 10.2. The van der Waals surface area contributed by atoms with Crippen molar-refractivity contribution in [1.29, 1.82) is 0 Å². The Labute approximate surface area is 48.6 Å². The van der Waals surface area contributed by atoms with Crippen molar-refractivity contribution in [3.05, 3.63) is 30.1 Å². The molecule has 1 rings (SSSR count). The van der Waals surface area contributed by atoms with Crippen molar-refractivity contribution in [3.8, 4) is 0 Å². The Morgan fingerprint density at radius 3 is 3.12 bits per heavy atom. The van der Waals surface area contributed by atoms with Crippen molar-refractivity contribution in [2.75, 3.05) is 0 Å². The van der Waals surface area contributed by atoms with Crippen LogP contribution in [0.15, 0.2) is 24.4 Å². The van der Waals surface area contributed by atoms with Gasteiger partial charge in [-0.05, 0) is 12.1 Å². The van der Waals surface area contributed by atoms with Crippen LogP contribution in [0.25, 0.3) is 0 Å². The summed E-state index contributed by atoms with van der Waals surface area (Å²) in [6, 6.07) is 4.71. The maximum Gasteiger partial charge on any atom is 0.168 e. The number of rotatable bonds is 1. The van der Waals surface area contributed by atoms with Crippen LogP contribution in [0.1, 0.15) is 11.9 Å². The highest BCUT2D eigenvalue weighted by atomic mass is 16.1. The Balaban J connectivity index is 3.07. The van der Waals surface area contributed by atoms with Gasteiger partial charge in [-0.15, -0.1) is 0 Å². The molecule has 0 aliphatic rings. The van der Waals surface area contributed by atoms with Gasteiger partial charge in [-0.1, -0.05) is 6.07 Å². The van der Waals surface area contributed by atoms with Crippen LogP contribution < -0.4 is 0 Å². The summed E-state index contributed by atoms with van der Waals surface area (Å²) < 4.78 is 6.97. The first-order valence-corrected chi connectivity index (χ1v) is 2.22. The van der Waals surface area contributed by atoms with E-state index in [1.54, 1.807) is 12.1 Å². The maximum absolute atomic E-state index is 10.0. The van der Waals surface area contributed by atoms with Gasteiger partial charge in [0.15, 0.2) is 6.29 Å². The topological polar surface area (TPSA) is 30.0 Å². The number of hydrogen-bond donors (Lipinski definition) is 0. The van der Waals surface area contributed by atoms with Gasteiger partial charge in [-0.2, -0.15) is 0 Å². The van der Waals surface area contributed by atoms with E-state index in [2.05, 4.69) is 4.98 Å². The quantitative estimate of drug-likeness (QED) is 0.501. The molecule has 0 radical (unpaired) electrons. The van der Waals surface area contributed by atoms with Gasteiger partial charge in [0, 0.05) is 6.17 Å². The summed E-state index contributed by atoms with van der Waals surface area (Å²) in [6.07, 6.45) is 0.748. The molecule has 0 unspecified atom stereocenters. The van der Waals surface area contributed by atoms with Crippen LogP contribution >= 0.6 is 0 Å². The molecule has 8 heavy (non-hydrogen) atoms. The second-order valence-electron chi connectivity index (χ2n) is 1.31. The Bertz CT molecular complexity index is 224. The van der Waals surface area contributed by atoms with E-state index in [9.17, 15) is 4.79 Å². The summed E-state index contributed by atoms with van der Waals surface area (Å²) in [7, 11) is 0. The molecule has 1 aromatic heterocycles. The number of pyridine rings is 1. The van der Waals surface area contributed by atoms with Gasteiger partial charge in [0.05, 0.1) is 1.37 Å².